The van der Waals surface area contributed by atoms with Crippen LogP contribution in [0.5, 0.6) is 0 Å². The van der Waals surface area contributed by atoms with E-state index in [9.17, 15) is 4.79 Å². The summed E-state index contributed by atoms with van der Waals surface area (Å²) < 4.78 is 0. The minimum Gasteiger partial charge on any atom is -0.352 e. The lowest BCUT2D eigenvalue weighted by atomic mass is 10.1. The van der Waals surface area contributed by atoms with Crippen LogP contribution in [0.2, 0.25) is 5.02 Å². The fraction of sp³-hybridized carbons (Fsp3) is 0.462. The van der Waals surface area contributed by atoms with Crippen LogP contribution in [0, 0.1) is 5.92 Å². The Labute approximate surface area is 115 Å². The Balaban J connectivity index is 1.83. The van der Waals surface area contributed by atoms with E-state index in [1.165, 1.54) is 12.8 Å². The Morgan fingerprint density at radius 2 is 2.06 bits per heavy atom. The first-order valence-corrected chi connectivity index (χ1v) is 7.12. The van der Waals surface area contributed by atoms with Gasteiger partial charge < -0.3 is 5.32 Å². The summed E-state index contributed by atoms with van der Waals surface area (Å²) in [6.45, 7) is 0.767. The second kappa shape index (κ2) is 5.87. The number of benzene rings is 1. The molecule has 1 aromatic carbocycles. The van der Waals surface area contributed by atoms with Crippen molar-refractivity contribution >= 4 is 33.4 Å². The minimum atomic E-state index is -0.0142. The van der Waals surface area contributed by atoms with Crippen LogP contribution in [0.15, 0.2) is 24.3 Å². The van der Waals surface area contributed by atoms with E-state index in [-0.39, 0.29) is 5.91 Å². The summed E-state index contributed by atoms with van der Waals surface area (Å²) in [7, 11) is 0. The zero-order valence-corrected chi connectivity index (χ0v) is 11.8. The van der Waals surface area contributed by atoms with Crippen LogP contribution in [0.3, 0.4) is 0 Å². The predicted octanol–water partition coefficient (Wildman–Crippen LogP) is 3.63. The summed E-state index contributed by atoms with van der Waals surface area (Å²) in [5.41, 5.74) is 0.669. The Bertz CT molecular complexity index is 393. The molecule has 17 heavy (non-hydrogen) atoms. The van der Waals surface area contributed by atoms with Gasteiger partial charge in [0.25, 0.3) is 5.91 Å². The number of hydrogen-bond donors (Lipinski definition) is 1. The van der Waals surface area contributed by atoms with Crippen LogP contribution >= 0.6 is 27.5 Å². The van der Waals surface area contributed by atoms with E-state index in [1.54, 1.807) is 24.3 Å². The van der Waals surface area contributed by atoms with Crippen LogP contribution in [-0.4, -0.2) is 17.3 Å². The summed E-state index contributed by atoms with van der Waals surface area (Å²) in [6, 6.07) is 6.97. The van der Waals surface area contributed by atoms with E-state index in [0.717, 1.165) is 13.0 Å². The summed E-state index contributed by atoms with van der Waals surface area (Å²) in [5.74, 6) is 0.593. The van der Waals surface area contributed by atoms with Crippen LogP contribution in [0.4, 0.5) is 0 Å². The number of rotatable bonds is 3. The molecule has 2 unspecified atom stereocenters. The highest BCUT2D eigenvalue weighted by Crippen LogP contribution is 2.30. The summed E-state index contributed by atoms with van der Waals surface area (Å²) in [4.78, 5) is 12.5. The van der Waals surface area contributed by atoms with Crippen LogP contribution in [-0.2, 0) is 0 Å². The first kappa shape index (κ1) is 12.9. The fourth-order valence-corrected chi connectivity index (χ4v) is 3.06. The largest absolute Gasteiger partial charge is 0.352 e. The number of carbonyl (C=O) groups excluding carboxylic acids is 1. The van der Waals surface area contributed by atoms with Gasteiger partial charge in [-0.3, -0.25) is 4.79 Å². The molecule has 0 bridgehead atoms. The highest BCUT2D eigenvalue weighted by molar-refractivity contribution is 9.09. The molecular formula is C13H15BrClNO. The molecule has 1 aliphatic rings. The zero-order valence-electron chi connectivity index (χ0n) is 9.46. The Kier molecular flexibility index (Phi) is 4.46. The number of alkyl halides is 1. The lowest BCUT2D eigenvalue weighted by Gasteiger charge is -2.10. The van der Waals surface area contributed by atoms with Crippen molar-refractivity contribution in [1.82, 2.24) is 5.32 Å². The van der Waals surface area contributed by atoms with E-state index < -0.39 is 0 Å². The maximum absolute atomic E-state index is 11.8. The van der Waals surface area contributed by atoms with Crippen LogP contribution < -0.4 is 5.32 Å². The van der Waals surface area contributed by atoms with Crippen LogP contribution in [0.25, 0.3) is 0 Å². The van der Waals surface area contributed by atoms with Crippen molar-refractivity contribution in [3.63, 3.8) is 0 Å². The fourth-order valence-electron chi connectivity index (χ4n) is 2.14. The molecule has 0 spiro atoms. The van der Waals surface area contributed by atoms with Gasteiger partial charge in [0.05, 0.1) is 0 Å². The minimum absolute atomic E-state index is 0.0142. The number of amides is 1. The topological polar surface area (TPSA) is 29.1 Å². The van der Waals surface area contributed by atoms with Gasteiger partial charge in [-0.15, -0.1) is 0 Å². The monoisotopic (exact) mass is 315 g/mol. The molecule has 0 aromatic heterocycles. The second-order valence-electron chi connectivity index (χ2n) is 4.49. The number of nitrogens with one attached hydrogen (secondary N) is 1. The van der Waals surface area contributed by atoms with Crippen molar-refractivity contribution in [3.8, 4) is 0 Å². The van der Waals surface area contributed by atoms with Gasteiger partial charge in [0.2, 0.25) is 0 Å². The van der Waals surface area contributed by atoms with Gasteiger partial charge in [0.1, 0.15) is 0 Å². The number of carbonyl (C=O) groups is 1. The molecule has 4 heteroatoms. The Morgan fingerprint density at radius 1 is 1.35 bits per heavy atom. The molecule has 2 atom stereocenters. The third kappa shape index (κ3) is 3.71. The molecule has 1 aromatic rings. The molecule has 0 radical (unpaired) electrons. The molecule has 0 saturated heterocycles. The van der Waals surface area contributed by atoms with Gasteiger partial charge in [0, 0.05) is 22.0 Å². The van der Waals surface area contributed by atoms with E-state index in [0.29, 0.717) is 21.3 Å². The average molecular weight is 317 g/mol. The van der Waals surface area contributed by atoms with Gasteiger partial charge in [-0.25, -0.2) is 0 Å². The summed E-state index contributed by atoms with van der Waals surface area (Å²) >= 11 is 9.39. The van der Waals surface area contributed by atoms with Gasteiger partial charge in [-0.2, -0.15) is 0 Å². The first-order valence-electron chi connectivity index (χ1n) is 5.83. The van der Waals surface area contributed by atoms with Gasteiger partial charge >= 0.3 is 0 Å². The molecule has 2 nitrogen and oxygen atoms in total. The number of halogens is 2. The molecule has 92 valence electrons. The Hall–Kier alpha value is -0.540. The third-order valence-corrected chi connectivity index (χ3v) is 4.22. The van der Waals surface area contributed by atoms with Gasteiger partial charge in [-0.05, 0) is 49.4 Å². The van der Waals surface area contributed by atoms with E-state index >= 15 is 0 Å². The number of hydrogen-bond acceptors (Lipinski definition) is 1. The summed E-state index contributed by atoms with van der Waals surface area (Å²) in [6.07, 6.45) is 3.55. The van der Waals surface area contributed by atoms with Crippen molar-refractivity contribution < 1.29 is 4.79 Å². The van der Waals surface area contributed by atoms with E-state index in [4.69, 9.17) is 11.6 Å². The average Bonchev–Trinajstić information content (AvgIpc) is 2.73. The van der Waals surface area contributed by atoms with Crippen molar-refractivity contribution in [2.45, 2.75) is 24.1 Å². The highest BCUT2D eigenvalue weighted by atomic mass is 79.9. The zero-order chi connectivity index (χ0) is 12.3. The second-order valence-corrected chi connectivity index (χ2v) is 6.22. The Morgan fingerprint density at radius 3 is 2.65 bits per heavy atom. The lowest BCUT2D eigenvalue weighted by Crippen LogP contribution is -2.28. The first-order chi connectivity index (χ1) is 8.15. The highest BCUT2D eigenvalue weighted by Gasteiger charge is 2.22. The van der Waals surface area contributed by atoms with Crippen molar-refractivity contribution in [3.05, 3.63) is 34.9 Å². The molecule has 1 N–H and O–H groups in total. The molecule has 1 aliphatic carbocycles. The van der Waals surface area contributed by atoms with Crippen molar-refractivity contribution in [2.24, 2.45) is 5.92 Å². The van der Waals surface area contributed by atoms with Crippen molar-refractivity contribution in [2.75, 3.05) is 6.54 Å². The maximum atomic E-state index is 11.8. The molecule has 0 aliphatic heterocycles. The molecule has 1 amide bonds. The molecule has 0 heterocycles. The van der Waals surface area contributed by atoms with E-state index in [2.05, 4.69) is 21.2 Å². The van der Waals surface area contributed by atoms with Crippen molar-refractivity contribution in [1.29, 1.82) is 0 Å². The predicted molar refractivity (Wildman–Crippen MR) is 73.8 cm³/mol. The molecular weight excluding hydrogens is 302 g/mol. The van der Waals surface area contributed by atoms with Gasteiger partial charge in [0.15, 0.2) is 0 Å². The van der Waals surface area contributed by atoms with E-state index in [1.807, 2.05) is 0 Å². The normalized spacial score (nSPS) is 23.6. The molecule has 1 saturated carbocycles. The quantitative estimate of drug-likeness (QED) is 0.848. The van der Waals surface area contributed by atoms with Crippen LogP contribution in [0.1, 0.15) is 29.6 Å². The smallest absolute Gasteiger partial charge is 0.251 e. The third-order valence-electron chi connectivity index (χ3n) is 3.13. The van der Waals surface area contributed by atoms with Gasteiger partial charge in [-0.1, -0.05) is 27.5 Å². The standard InChI is InChI=1S/C13H15BrClNO/c14-11-4-1-9(7-11)8-16-13(17)10-2-5-12(15)6-3-10/h2-3,5-6,9,11H,1,4,7-8H2,(H,16,17). The summed E-state index contributed by atoms with van der Waals surface area (Å²) in [5, 5.41) is 3.63. The molecule has 1 fully saturated rings. The maximum Gasteiger partial charge on any atom is 0.251 e. The SMILES string of the molecule is O=C(NCC1CCC(Br)C1)c1ccc(Cl)cc1. The lowest BCUT2D eigenvalue weighted by molar-refractivity contribution is 0.0947. The molecule has 2 rings (SSSR count).